The van der Waals surface area contributed by atoms with Crippen molar-refractivity contribution in [3.05, 3.63) is 29.8 Å². The molecule has 2 atom stereocenters. The third-order valence-corrected chi connectivity index (χ3v) is 4.22. The van der Waals surface area contributed by atoms with Crippen molar-refractivity contribution in [2.24, 2.45) is 5.92 Å². The van der Waals surface area contributed by atoms with Gasteiger partial charge in [-0.05, 0) is 58.6 Å². The summed E-state index contributed by atoms with van der Waals surface area (Å²) in [5.41, 5.74) is 1.98. The third-order valence-electron chi connectivity index (χ3n) is 4.22. The topological polar surface area (TPSA) is 50.4 Å². The molecule has 1 aromatic carbocycles. The van der Waals surface area contributed by atoms with Crippen LogP contribution in [-0.4, -0.2) is 24.3 Å². The van der Waals surface area contributed by atoms with Gasteiger partial charge in [0.05, 0.1) is 0 Å². The summed E-state index contributed by atoms with van der Waals surface area (Å²) in [5, 5.41) is 6.57. The van der Waals surface area contributed by atoms with E-state index in [0.29, 0.717) is 18.5 Å². The van der Waals surface area contributed by atoms with Gasteiger partial charge in [0, 0.05) is 18.3 Å². The molecule has 1 aliphatic rings. The molecular weight excluding hydrogens is 288 g/mol. The van der Waals surface area contributed by atoms with Crippen molar-refractivity contribution in [3.8, 4) is 0 Å². The van der Waals surface area contributed by atoms with E-state index in [-0.39, 0.29) is 6.09 Å². The van der Waals surface area contributed by atoms with E-state index in [9.17, 15) is 4.79 Å². The molecule has 2 N–H and O–H groups in total. The highest BCUT2D eigenvalue weighted by molar-refractivity contribution is 5.67. The van der Waals surface area contributed by atoms with Crippen molar-refractivity contribution in [2.45, 2.75) is 65.0 Å². The van der Waals surface area contributed by atoms with Gasteiger partial charge >= 0.3 is 6.09 Å². The van der Waals surface area contributed by atoms with Crippen molar-refractivity contribution in [1.82, 2.24) is 5.32 Å². The number of carbonyl (C=O) groups excluding carboxylic acids is 1. The number of anilines is 1. The van der Waals surface area contributed by atoms with E-state index in [0.717, 1.165) is 18.5 Å². The maximum Gasteiger partial charge on any atom is 0.407 e. The lowest BCUT2D eigenvalue weighted by atomic mass is 9.84. The summed E-state index contributed by atoms with van der Waals surface area (Å²) in [6.45, 7) is 8.41. The second-order valence-corrected chi connectivity index (χ2v) is 7.54. The number of hydrogen-bond donors (Lipinski definition) is 2. The van der Waals surface area contributed by atoms with Crippen molar-refractivity contribution >= 4 is 11.8 Å². The van der Waals surface area contributed by atoms with Gasteiger partial charge in [-0.25, -0.2) is 4.79 Å². The summed E-state index contributed by atoms with van der Waals surface area (Å²) in [5.74, 6) is 0.442. The lowest BCUT2D eigenvalue weighted by Crippen LogP contribution is -2.42. The third kappa shape index (κ3) is 6.12. The van der Waals surface area contributed by atoms with Crippen LogP contribution in [0.25, 0.3) is 0 Å². The Morgan fingerprint density at radius 3 is 2.48 bits per heavy atom. The Balaban J connectivity index is 1.88. The molecule has 0 saturated heterocycles. The van der Waals surface area contributed by atoms with Gasteiger partial charge in [0.25, 0.3) is 0 Å². The molecule has 2 unspecified atom stereocenters. The number of benzene rings is 1. The van der Waals surface area contributed by atoms with Gasteiger partial charge in [-0.3, -0.25) is 0 Å². The van der Waals surface area contributed by atoms with Gasteiger partial charge in [-0.1, -0.05) is 30.5 Å². The molecule has 1 amide bonds. The summed E-state index contributed by atoms with van der Waals surface area (Å²) in [6.07, 6.45) is 4.43. The van der Waals surface area contributed by atoms with Crippen LogP contribution in [0.4, 0.5) is 10.5 Å². The van der Waals surface area contributed by atoms with Gasteiger partial charge in [0.2, 0.25) is 0 Å². The van der Waals surface area contributed by atoms with E-state index in [4.69, 9.17) is 4.74 Å². The highest BCUT2D eigenvalue weighted by Gasteiger charge is 2.26. The normalized spacial score (nSPS) is 21.6. The first kappa shape index (κ1) is 17.6. The van der Waals surface area contributed by atoms with Crippen molar-refractivity contribution in [1.29, 1.82) is 0 Å². The first-order chi connectivity index (χ1) is 10.8. The van der Waals surface area contributed by atoms with Crippen LogP contribution in [0, 0.1) is 12.8 Å². The Morgan fingerprint density at radius 1 is 1.17 bits per heavy atom. The standard InChI is InChI=1S/C19H30N2O2/c1-14-9-11-16(12-10-14)21-17-8-6-5-7-15(17)13-20-18(22)23-19(2,3)4/h9-12,15,17,21H,5-8,13H2,1-4H3,(H,20,22). The van der Waals surface area contributed by atoms with Crippen LogP contribution in [0.1, 0.15) is 52.0 Å². The minimum Gasteiger partial charge on any atom is -0.444 e. The highest BCUT2D eigenvalue weighted by Crippen LogP contribution is 2.27. The molecule has 0 heterocycles. The average molecular weight is 318 g/mol. The van der Waals surface area contributed by atoms with E-state index in [1.807, 2.05) is 20.8 Å². The molecule has 0 spiro atoms. The average Bonchev–Trinajstić information content (AvgIpc) is 2.47. The Morgan fingerprint density at radius 2 is 1.83 bits per heavy atom. The van der Waals surface area contributed by atoms with Crippen LogP contribution in [0.3, 0.4) is 0 Å². The Kier molecular flexibility index (Phi) is 5.91. The van der Waals surface area contributed by atoms with Crippen LogP contribution in [-0.2, 0) is 4.74 Å². The molecule has 4 nitrogen and oxygen atoms in total. The fourth-order valence-electron chi connectivity index (χ4n) is 3.03. The molecule has 2 rings (SSSR count). The molecule has 1 saturated carbocycles. The predicted molar refractivity (Wildman–Crippen MR) is 94.8 cm³/mol. The second-order valence-electron chi connectivity index (χ2n) is 7.54. The van der Waals surface area contributed by atoms with Crippen molar-refractivity contribution in [3.63, 3.8) is 0 Å². The Hall–Kier alpha value is -1.71. The van der Waals surface area contributed by atoms with Gasteiger partial charge in [0.15, 0.2) is 0 Å². The Bertz CT molecular complexity index is 505. The lowest BCUT2D eigenvalue weighted by molar-refractivity contribution is 0.0514. The molecule has 0 bridgehead atoms. The number of rotatable bonds is 4. The zero-order valence-electron chi connectivity index (χ0n) is 14.8. The minimum atomic E-state index is -0.448. The van der Waals surface area contributed by atoms with Gasteiger partial charge in [-0.2, -0.15) is 0 Å². The molecule has 1 aliphatic carbocycles. The highest BCUT2D eigenvalue weighted by atomic mass is 16.6. The van der Waals surface area contributed by atoms with E-state index < -0.39 is 5.60 Å². The van der Waals surface area contributed by atoms with E-state index in [2.05, 4.69) is 41.8 Å². The number of ether oxygens (including phenoxy) is 1. The quantitative estimate of drug-likeness (QED) is 0.860. The number of aryl methyl sites for hydroxylation is 1. The summed E-state index contributed by atoms with van der Waals surface area (Å²) in [6, 6.07) is 8.91. The summed E-state index contributed by atoms with van der Waals surface area (Å²) in [7, 11) is 0. The molecule has 4 heteroatoms. The Labute approximate surface area is 140 Å². The van der Waals surface area contributed by atoms with Gasteiger partial charge in [-0.15, -0.1) is 0 Å². The fraction of sp³-hybridized carbons (Fsp3) is 0.632. The summed E-state index contributed by atoms with van der Waals surface area (Å²) < 4.78 is 5.33. The lowest BCUT2D eigenvalue weighted by Gasteiger charge is -2.33. The predicted octanol–water partition coefficient (Wildman–Crippen LogP) is 4.49. The number of nitrogens with one attached hydrogen (secondary N) is 2. The first-order valence-corrected chi connectivity index (χ1v) is 8.63. The largest absolute Gasteiger partial charge is 0.444 e. The smallest absolute Gasteiger partial charge is 0.407 e. The van der Waals surface area contributed by atoms with E-state index in [1.165, 1.54) is 18.4 Å². The zero-order chi connectivity index (χ0) is 16.9. The molecular formula is C19H30N2O2. The molecule has 0 radical (unpaired) electrons. The zero-order valence-corrected chi connectivity index (χ0v) is 14.8. The molecule has 23 heavy (non-hydrogen) atoms. The number of amides is 1. The molecule has 1 aromatic rings. The molecule has 0 aromatic heterocycles. The molecule has 1 fully saturated rings. The number of carbonyl (C=O) groups is 1. The van der Waals surface area contributed by atoms with Crippen LogP contribution in [0.2, 0.25) is 0 Å². The van der Waals surface area contributed by atoms with Gasteiger partial charge < -0.3 is 15.4 Å². The van der Waals surface area contributed by atoms with Gasteiger partial charge in [0.1, 0.15) is 5.60 Å². The van der Waals surface area contributed by atoms with Crippen LogP contribution in [0.15, 0.2) is 24.3 Å². The maximum absolute atomic E-state index is 11.9. The second kappa shape index (κ2) is 7.71. The number of alkyl carbamates (subject to hydrolysis) is 1. The van der Waals surface area contributed by atoms with Crippen molar-refractivity contribution < 1.29 is 9.53 Å². The molecule has 0 aliphatic heterocycles. The first-order valence-electron chi connectivity index (χ1n) is 8.63. The molecule has 128 valence electrons. The van der Waals surface area contributed by atoms with Crippen LogP contribution in [0.5, 0.6) is 0 Å². The van der Waals surface area contributed by atoms with E-state index >= 15 is 0 Å². The van der Waals surface area contributed by atoms with Crippen molar-refractivity contribution in [2.75, 3.05) is 11.9 Å². The minimum absolute atomic E-state index is 0.322. The van der Waals surface area contributed by atoms with Crippen LogP contribution >= 0.6 is 0 Å². The van der Waals surface area contributed by atoms with Crippen LogP contribution < -0.4 is 10.6 Å². The summed E-state index contributed by atoms with van der Waals surface area (Å²) >= 11 is 0. The SMILES string of the molecule is Cc1ccc(NC2CCCCC2CNC(=O)OC(C)(C)C)cc1. The maximum atomic E-state index is 11.9. The van der Waals surface area contributed by atoms with E-state index in [1.54, 1.807) is 0 Å². The summed E-state index contributed by atoms with van der Waals surface area (Å²) in [4.78, 5) is 11.9. The monoisotopic (exact) mass is 318 g/mol. The fourth-order valence-corrected chi connectivity index (χ4v) is 3.03. The number of hydrogen-bond acceptors (Lipinski definition) is 3.